The fourth-order valence-corrected chi connectivity index (χ4v) is 8.38. The maximum Gasteiger partial charge on any atom is 0.257 e. The summed E-state index contributed by atoms with van der Waals surface area (Å²) in [5.41, 5.74) is 0.776. The molecule has 250 valence electrons. The number of rotatable bonds is 10. The Balaban J connectivity index is 1.13. The third-order valence-corrected chi connectivity index (χ3v) is 11.0. The van der Waals surface area contributed by atoms with Gasteiger partial charge in [-0.05, 0) is 62.3 Å². The predicted octanol–water partition coefficient (Wildman–Crippen LogP) is 5.44. The van der Waals surface area contributed by atoms with E-state index in [1.807, 2.05) is 24.3 Å². The molecule has 2 aromatic carbocycles. The van der Waals surface area contributed by atoms with E-state index in [0.717, 1.165) is 55.0 Å². The SMILES string of the molecule is CC(=O)N[C@H]1CCN([C@H]2C[C@@H](CO[C@H]3CC[C@H](C=O)CC3)N(C(=O)Cc3cc(Cl)c(NC(=O)c4csc5ccccc45)cc3F)C2)C1. The summed E-state index contributed by atoms with van der Waals surface area (Å²) in [5, 5.41) is 8.45. The highest BCUT2D eigenvalue weighted by Crippen LogP contribution is 2.32. The summed E-state index contributed by atoms with van der Waals surface area (Å²) in [7, 11) is 0. The van der Waals surface area contributed by atoms with Crippen molar-refractivity contribution >= 4 is 62.7 Å². The van der Waals surface area contributed by atoms with Gasteiger partial charge in [0.15, 0.2) is 0 Å². The molecule has 47 heavy (non-hydrogen) atoms. The number of benzene rings is 2. The Hall–Kier alpha value is -3.38. The monoisotopic (exact) mass is 682 g/mol. The summed E-state index contributed by atoms with van der Waals surface area (Å²) < 4.78 is 22.8. The van der Waals surface area contributed by atoms with Gasteiger partial charge in [0.25, 0.3) is 5.91 Å². The van der Waals surface area contributed by atoms with Gasteiger partial charge in [-0.3, -0.25) is 19.3 Å². The number of likely N-dealkylation sites (tertiary alicyclic amines) is 2. The van der Waals surface area contributed by atoms with E-state index in [2.05, 4.69) is 15.5 Å². The van der Waals surface area contributed by atoms with Gasteiger partial charge >= 0.3 is 0 Å². The number of aldehydes is 1. The van der Waals surface area contributed by atoms with Crippen LogP contribution in [0.3, 0.4) is 0 Å². The number of carbonyl (C=O) groups is 4. The molecule has 6 rings (SSSR count). The predicted molar refractivity (Wildman–Crippen MR) is 180 cm³/mol. The van der Waals surface area contributed by atoms with Crippen LogP contribution in [-0.4, -0.2) is 84.3 Å². The smallest absolute Gasteiger partial charge is 0.257 e. The molecule has 3 atom stereocenters. The largest absolute Gasteiger partial charge is 0.376 e. The Bertz CT molecular complexity index is 1640. The molecule has 0 unspecified atom stereocenters. The van der Waals surface area contributed by atoms with E-state index >= 15 is 4.39 Å². The molecular formula is C35H40ClFN4O5S. The number of hydrogen-bond donors (Lipinski definition) is 2. The van der Waals surface area contributed by atoms with E-state index in [9.17, 15) is 19.2 Å². The molecule has 3 amide bonds. The number of anilines is 1. The van der Waals surface area contributed by atoms with E-state index in [0.29, 0.717) is 31.7 Å². The van der Waals surface area contributed by atoms with Gasteiger partial charge in [-0.25, -0.2) is 4.39 Å². The summed E-state index contributed by atoms with van der Waals surface area (Å²) in [6.07, 6.45) is 5.70. The maximum atomic E-state index is 15.5. The third-order valence-electron chi connectivity index (χ3n) is 9.74. The lowest BCUT2D eigenvalue weighted by molar-refractivity contribution is -0.133. The Morgan fingerprint density at radius 3 is 2.66 bits per heavy atom. The van der Waals surface area contributed by atoms with Crippen molar-refractivity contribution in [3.8, 4) is 0 Å². The zero-order chi connectivity index (χ0) is 33.1. The molecule has 3 aliphatic rings. The Morgan fingerprint density at radius 1 is 1.11 bits per heavy atom. The molecule has 12 heteroatoms. The van der Waals surface area contributed by atoms with Crippen molar-refractivity contribution < 1.29 is 28.3 Å². The van der Waals surface area contributed by atoms with Gasteiger partial charge in [0.2, 0.25) is 11.8 Å². The molecule has 2 N–H and O–H groups in total. The second-order valence-corrected chi connectivity index (χ2v) is 14.3. The summed E-state index contributed by atoms with van der Waals surface area (Å²) in [5.74, 6) is -1.20. The van der Waals surface area contributed by atoms with Gasteiger partial charge in [0.05, 0.1) is 41.4 Å². The number of ether oxygens (including phenoxy) is 1. The lowest BCUT2D eigenvalue weighted by Gasteiger charge is -2.29. The van der Waals surface area contributed by atoms with Gasteiger partial charge in [-0.2, -0.15) is 0 Å². The standard InChI is InChI=1S/C35H40ClFN4O5S/c1-21(43)38-24-10-11-40(16-24)25-14-26(19-46-27-8-6-22(18-42)7-9-27)41(17-25)34(44)13-23-12-30(36)32(15-31(23)37)39-35(45)29-20-47-33-5-3-2-4-28(29)33/h2-5,12,15,18,20,22,24-27H,6-11,13-14,16-17,19H2,1H3,(H,38,43)(H,39,45)/t22-,24-,25-,26-,27-/m0/s1. The molecule has 1 aliphatic carbocycles. The molecule has 2 aliphatic heterocycles. The molecule has 2 saturated heterocycles. The van der Waals surface area contributed by atoms with Crippen LogP contribution < -0.4 is 10.6 Å². The normalized spacial score (nSPS) is 24.8. The van der Waals surface area contributed by atoms with Crippen LogP contribution in [0.2, 0.25) is 5.02 Å². The molecular weight excluding hydrogens is 643 g/mol. The highest BCUT2D eigenvalue weighted by molar-refractivity contribution is 7.17. The highest BCUT2D eigenvalue weighted by Gasteiger charge is 2.41. The number of halogens is 2. The fraction of sp³-hybridized carbons (Fsp3) is 0.486. The first kappa shape index (κ1) is 33.5. The van der Waals surface area contributed by atoms with E-state index in [4.69, 9.17) is 16.3 Å². The van der Waals surface area contributed by atoms with Crippen LogP contribution in [0, 0.1) is 11.7 Å². The first-order valence-electron chi connectivity index (χ1n) is 16.3. The number of fused-ring (bicyclic) bond motifs is 1. The second kappa shape index (κ2) is 14.8. The Kier molecular flexibility index (Phi) is 10.6. The quantitative estimate of drug-likeness (QED) is 0.276. The summed E-state index contributed by atoms with van der Waals surface area (Å²) >= 11 is 7.98. The first-order valence-corrected chi connectivity index (χ1v) is 17.6. The van der Waals surface area contributed by atoms with Gasteiger partial charge in [-0.15, -0.1) is 11.3 Å². The molecule has 9 nitrogen and oxygen atoms in total. The van der Waals surface area contributed by atoms with Crippen molar-refractivity contribution in [2.24, 2.45) is 5.92 Å². The van der Waals surface area contributed by atoms with E-state index < -0.39 is 5.82 Å². The zero-order valence-electron chi connectivity index (χ0n) is 26.4. The van der Waals surface area contributed by atoms with E-state index in [1.165, 1.54) is 30.4 Å². The lowest BCUT2D eigenvalue weighted by Crippen LogP contribution is -2.42. The minimum atomic E-state index is -0.624. The number of thiophene rings is 1. The summed E-state index contributed by atoms with van der Waals surface area (Å²) in [6.45, 7) is 3.91. The molecule has 3 heterocycles. The highest BCUT2D eigenvalue weighted by atomic mass is 35.5. The summed E-state index contributed by atoms with van der Waals surface area (Å²) in [6, 6.07) is 10.1. The van der Waals surface area contributed by atoms with Gasteiger partial charge in [0, 0.05) is 60.0 Å². The Labute approximate surface area is 282 Å². The van der Waals surface area contributed by atoms with Crippen molar-refractivity contribution in [1.82, 2.24) is 15.1 Å². The number of nitrogens with zero attached hydrogens (tertiary/aromatic N) is 2. The van der Waals surface area contributed by atoms with Crippen LogP contribution in [0.15, 0.2) is 41.8 Å². The van der Waals surface area contributed by atoms with Gasteiger partial charge in [-0.1, -0.05) is 29.8 Å². The fourth-order valence-electron chi connectivity index (χ4n) is 7.21. The number of hydrogen-bond acceptors (Lipinski definition) is 7. The first-order chi connectivity index (χ1) is 22.7. The van der Waals surface area contributed by atoms with E-state index in [1.54, 1.807) is 10.3 Å². The van der Waals surface area contributed by atoms with Crippen molar-refractivity contribution in [2.75, 3.05) is 31.6 Å². The van der Waals surface area contributed by atoms with Crippen LogP contribution in [0.4, 0.5) is 10.1 Å². The van der Waals surface area contributed by atoms with Crippen molar-refractivity contribution in [3.05, 3.63) is 63.7 Å². The topological polar surface area (TPSA) is 108 Å². The molecule has 1 aromatic heterocycles. The van der Waals surface area contributed by atoms with Crippen molar-refractivity contribution in [3.63, 3.8) is 0 Å². The average Bonchev–Trinajstić information content (AvgIpc) is 3.81. The van der Waals surface area contributed by atoms with Crippen LogP contribution in [-0.2, 0) is 25.5 Å². The van der Waals surface area contributed by atoms with Crippen LogP contribution in [0.25, 0.3) is 10.1 Å². The molecule has 3 fully saturated rings. The van der Waals surface area contributed by atoms with E-state index in [-0.39, 0.29) is 70.6 Å². The molecule has 0 bridgehead atoms. The molecule has 3 aromatic rings. The molecule has 1 saturated carbocycles. The van der Waals surface area contributed by atoms with Crippen LogP contribution in [0.1, 0.15) is 61.4 Å². The van der Waals surface area contributed by atoms with Crippen LogP contribution in [0.5, 0.6) is 0 Å². The Morgan fingerprint density at radius 2 is 1.89 bits per heavy atom. The lowest BCUT2D eigenvalue weighted by atomic mass is 9.88. The second-order valence-electron chi connectivity index (χ2n) is 13.0. The minimum Gasteiger partial charge on any atom is -0.376 e. The number of amides is 3. The number of nitrogens with one attached hydrogen (secondary N) is 2. The van der Waals surface area contributed by atoms with Crippen LogP contribution >= 0.6 is 22.9 Å². The molecule has 0 spiro atoms. The van der Waals surface area contributed by atoms with Crippen molar-refractivity contribution in [2.45, 2.75) is 76.1 Å². The van der Waals surface area contributed by atoms with Gasteiger partial charge < -0.3 is 25.1 Å². The van der Waals surface area contributed by atoms with Gasteiger partial charge in [0.1, 0.15) is 12.1 Å². The average molecular weight is 683 g/mol. The zero-order valence-corrected chi connectivity index (χ0v) is 28.0. The summed E-state index contributed by atoms with van der Waals surface area (Å²) in [4.78, 5) is 53.8. The number of carbonyl (C=O) groups excluding carboxylic acids is 4. The third kappa shape index (κ3) is 7.85. The maximum absolute atomic E-state index is 15.5. The minimum absolute atomic E-state index is 0.0456. The van der Waals surface area contributed by atoms with Crippen molar-refractivity contribution in [1.29, 1.82) is 0 Å². The molecule has 0 radical (unpaired) electrons.